The highest BCUT2D eigenvalue weighted by Gasteiger charge is 2.11. The fourth-order valence-corrected chi connectivity index (χ4v) is 1.83. The van der Waals surface area contributed by atoms with Gasteiger partial charge in [-0.25, -0.2) is 18.7 Å². The molecule has 0 aliphatic rings. The Kier molecular flexibility index (Phi) is 4.18. The van der Waals surface area contributed by atoms with E-state index in [-0.39, 0.29) is 22.3 Å². The SMILES string of the molecule is Cc1cc(F)c(Nc2cc(Cl)nc(C(C)C)n2)cc1F. The molecule has 2 aromatic rings. The van der Waals surface area contributed by atoms with Crippen molar-refractivity contribution in [1.82, 2.24) is 9.97 Å². The van der Waals surface area contributed by atoms with Gasteiger partial charge in [0, 0.05) is 18.1 Å². The largest absolute Gasteiger partial charge is 0.338 e. The van der Waals surface area contributed by atoms with Gasteiger partial charge in [-0.2, -0.15) is 0 Å². The van der Waals surface area contributed by atoms with Gasteiger partial charge in [-0.15, -0.1) is 0 Å². The molecule has 106 valence electrons. The first-order chi connectivity index (χ1) is 9.36. The first kappa shape index (κ1) is 14.7. The minimum absolute atomic E-state index is 0.0116. The van der Waals surface area contributed by atoms with E-state index >= 15 is 0 Å². The van der Waals surface area contributed by atoms with Gasteiger partial charge in [0.1, 0.15) is 28.4 Å². The summed E-state index contributed by atoms with van der Waals surface area (Å²) in [5.74, 6) is -0.0967. The third kappa shape index (κ3) is 3.22. The number of nitrogens with one attached hydrogen (secondary N) is 1. The average Bonchev–Trinajstić information content (AvgIpc) is 2.35. The molecule has 0 spiro atoms. The molecule has 0 saturated carbocycles. The van der Waals surface area contributed by atoms with E-state index in [9.17, 15) is 8.78 Å². The van der Waals surface area contributed by atoms with Crippen LogP contribution in [-0.4, -0.2) is 9.97 Å². The number of hydrogen-bond donors (Lipinski definition) is 1. The van der Waals surface area contributed by atoms with Crippen LogP contribution < -0.4 is 5.32 Å². The van der Waals surface area contributed by atoms with Gasteiger partial charge in [0.2, 0.25) is 0 Å². The molecule has 6 heteroatoms. The van der Waals surface area contributed by atoms with E-state index in [1.54, 1.807) is 0 Å². The van der Waals surface area contributed by atoms with E-state index in [1.807, 2.05) is 13.8 Å². The van der Waals surface area contributed by atoms with Crippen molar-refractivity contribution in [3.05, 3.63) is 46.4 Å². The number of hydrogen-bond acceptors (Lipinski definition) is 3. The van der Waals surface area contributed by atoms with Crippen LogP contribution in [0.25, 0.3) is 0 Å². The molecule has 0 unspecified atom stereocenters. The maximum Gasteiger partial charge on any atom is 0.147 e. The van der Waals surface area contributed by atoms with Crippen molar-refractivity contribution in [1.29, 1.82) is 0 Å². The standard InChI is InChI=1S/C14H14ClF2N3/c1-7(2)14-19-12(15)6-13(20-14)18-11-5-9(16)8(3)4-10(11)17/h4-7H,1-3H3,(H,18,19,20). The van der Waals surface area contributed by atoms with Crippen LogP contribution >= 0.6 is 11.6 Å². The van der Waals surface area contributed by atoms with Crippen molar-refractivity contribution >= 4 is 23.1 Å². The van der Waals surface area contributed by atoms with E-state index in [2.05, 4.69) is 15.3 Å². The van der Waals surface area contributed by atoms with E-state index in [0.717, 1.165) is 12.1 Å². The van der Waals surface area contributed by atoms with Gasteiger partial charge in [-0.1, -0.05) is 25.4 Å². The van der Waals surface area contributed by atoms with E-state index in [0.29, 0.717) is 11.6 Å². The summed E-state index contributed by atoms with van der Waals surface area (Å²) in [4.78, 5) is 8.30. The topological polar surface area (TPSA) is 37.8 Å². The quantitative estimate of drug-likeness (QED) is 0.842. The van der Waals surface area contributed by atoms with E-state index in [4.69, 9.17) is 11.6 Å². The molecule has 1 aromatic carbocycles. The summed E-state index contributed by atoms with van der Waals surface area (Å²) in [6.45, 7) is 5.34. The van der Waals surface area contributed by atoms with Gasteiger partial charge in [0.05, 0.1) is 5.69 Å². The van der Waals surface area contributed by atoms with Crippen molar-refractivity contribution in [2.75, 3.05) is 5.32 Å². The molecule has 0 amide bonds. The number of benzene rings is 1. The molecule has 1 N–H and O–H groups in total. The van der Waals surface area contributed by atoms with Crippen LogP contribution in [0.15, 0.2) is 18.2 Å². The fourth-order valence-electron chi connectivity index (χ4n) is 1.64. The Hall–Kier alpha value is -1.75. The molecule has 3 nitrogen and oxygen atoms in total. The van der Waals surface area contributed by atoms with Gasteiger partial charge in [0.15, 0.2) is 0 Å². The number of nitrogens with zero attached hydrogens (tertiary/aromatic N) is 2. The zero-order chi connectivity index (χ0) is 14.9. The molecule has 0 aliphatic heterocycles. The Labute approximate surface area is 121 Å². The highest BCUT2D eigenvalue weighted by atomic mass is 35.5. The Balaban J connectivity index is 2.37. The molecule has 0 fully saturated rings. The predicted octanol–water partition coefficient (Wildman–Crippen LogP) is 4.58. The lowest BCUT2D eigenvalue weighted by molar-refractivity contribution is 0.595. The molecule has 1 heterocycles. The Morgan fingerprint density at radius 2 is 1.80 bits per heavy atom. The van der Waals surface area contributed by atoms with E-state index in [1.165, 1.54) is 13.0 Å². The number of rotatable bonds is 3. The highest BCUT2D eigenvalue weighted by Crippen LogP contribution is 2.24. The maximum atomic E-state index is 13.8. The van der Waals surface area contributed by atoms with Crippen molar-refractivity contribution in [2.24, 2.45) is 0 Å². The molecular weight excluding hydrogens is 284 g/mol. The van der Waals surface area contributed by atoms with Crippen LogP contribution in [0.3, 0.4) is 0 Å². The fraction of sp³-hybridized carbons (Fsp3) is 0.286. The minimum atomic E-state index is -0.551. The molecule has 20 heavy (non-hydrogen) atoms. The average molecular weight is 298 g/mol. The van der Waals surface area contributed by atoms with Crippen molar-refractivity contribution in [3.63, 3.8) is 0 Å². The molecule has 0 atom stereocenters. The first-order valence-electron chi connectivity index (χ1n) is 6.14. The number of anilines is 2. The van der Waals surface area contributed by atoms with Gasteiger partial charge in [0.25, 0.3) is 0 Å². The molecule has 1 aromatic heterocycles. The van der Waals surface area contributed by atoms with Crippen molar-refractivity contribution in [2.45, 2.75) is 26.7 Å². The highest BCUT2D eigenvalue weighted by molar-refractivity contribution is 6.29. The van der Waals surface area contributed by atoms with Crippen molar-refractivity contribution in [3.8, 4) is 0 Å². The van der Waals surface area contributed by atoms with E-state index < -0.39 is 11.6 Å². The summed E-state index contributed by atoms with van der Waals surface area (Å²) in [6, 6.07) is 3.68. The first-order valence-corrected chi connectivity index (χ1v) is 6.51. The normalized spacial score (nSPS) is 10.9. The molecule has 0 bridgehead atoms. The molecule has 0 aliphatic carbocycles. The van der Waals surface area contributed by atoms with Gasteiger partial charge < -0.3 is 5.32 Å². The third-order valence-electron chi connectivity index (χ3n) is 2.74. The monoisotopic (exact) mass is 297 g/mol. The number of aromatic nitrogens is 2. The van der Waals surface area contributed by atoms with Crippen LogP contribution in [0, 0.1) is 18.6 Å². The Bertz CT molecular complexity index is 645. The maximum absolute atomic E-state index is 13.8. The van der Waals surface area contributed by atoms with Crippen LogP contribution in [0.1, 0.15) is 31.2 Å². The second-order valence-electron chi connectivity index (χ2n) is 4.80. The Morgan fingerprint density at radius 3 is 2.45 bits per heavy atom. The zero-order valence-corrected chi connectivity index (χ0v) is 12.1. The van der Waals surface area contributed by atoms with Crippen LogP contribution in [0.4, 0.5) is 20.3 Å². The summed E-state index contributed by atoms with van der Waals surface area (Å²) < 4.78 is 27.3. The van der Waals surface area contributed by atoms with Gasteiger partial charge in [-0.05, 0) is 18.6 Å². The van der Waals surface area contributed by atoms with Gasteiger partial charge >= 0.3 is 0 Å². The smallest absolute Gasteiger partial charge is 0.147 e. The van der Waals surface area contributed by atoms with Crippen LogP contribution in [0.2, 0.25) is 5.15 Å². The van der Waals surface area contributed by atoms with Crippen LogP contribution in [-0.2, 0) is 0 Å². The molecule has 0 radical (unpaired) electrons. The number of aryl methyl sites for hydroxylation is 1. The second kappa shape index (κ2) is 5.71. The summed E-state index contributed by atoms with van der Waals surface area (Å²) in [5.41, 5.74) is 0.259. The van der Waals surface area contributed by atoms with Crippen LogP contribution in [0.5, 0.6) is 0 Å². The number of halogens is 3. The lowest BCUT2D eigenvalue weighted by Crippen LogP contribution is -2.03. The molecular formula is C14H14ClF2N3. The molecule has 2 rings (SSSR count). The lowest BCUT2D eigenvalue weighted by atomic mass is 10.2. The minimum Gasteiger partial charge on any atom is -0.338 e. The van der Waals surface area contributed by atoms with Gasteiger partial charge in [-0.3, -0.25) is 0 Å². The van der Waals surface area contributed by atoms with Crippen molar-refractivity contribution < 1.29 is 8.78 Å². The zero-order valence-electron chi connectivity index (χ0n) is 11.3. The predicted molar refractivity (Wildman–Crippen MR) is 75.5 cm³/mol. The summed E-state index contributed by atoms with van der Waals surface area (Å²) in [6.07, 6.45) is 0. The summed E-state index contributed by atoms with van der Waals surface area (Å²) in [7, 11) is 0. The third-order valence-corrected chi connectivity index (χ3v) is 2.93. The summed E-state index contributed by atoms with van der Waals surface area (Å²) in [5, 5.41) is 2.98. The lowest BCUT2D eigenvalue weighted by Gasteiger charge is -2.11. The Morgan fingerprint density at radius 1 is 1.10 bits per heavy atom. The summed E-state index contributed by atoms with van der Waals surface area (Å²) >= 11 is 5.90. The second-order valence-corrected chi connectivity index (χ2v) is 5.18. The molecule has 0 saturated heterocycles.